The van der Waals surface area contributed by atoms with Gasteiger partial charge in [-0.15, -0.1) is 0 Å². The first-order chi connectivity index (χ1) is 5.38. The fraction of sp³-hybridized carbons (Fsp3) is 0.667. The van der Waals surface area contributed by atoms with Gasteiger partial charge in [0.25, 0.3) is 0 Å². The van der Waals surface area contributed by atoms with Gasteiger partial charge in [-0.2, -0.15) is 5.10 Å². The molecular weight excluding hydrogens is 164 g/mol. The Morgan fingerprint density at radius 1 is 1.82 bits per heavy atom. The lowest BCUT2D eigenvalue weighted by atomic mass is 10.3. The van der Waals surface area contributed by atoms with Crippen molar-refractivity contribution in [3.05, 3.63) is 15.2 Å². The van der Waals surface area contributed by atoms with Crippen LogP contribution in [-0.4, -0.2) is 23.0 Å². The summed E-state index contributed by atoms with van der Waals surface area (Å²) in [5.41, 5.74) is 1.57. The molecule has 1 atom stereocenters. The van der Waals surface area contributed by atoms with E-state index in [2.05, 4.69) is 5.10 Å². The van der Waals surface area contributed by atoms with E-state index < -0.39 is 0 Å². The van der Waals surface area contributed by atoms with E-state index in [0.717, 1.165) is 24.4 Å². The van der Waals surface area contributed by atoms with Gasteiger partial charge in [0, 0.05) is 6.61 Å². The molecule has 0 spiro atoms. The highest BCUT2D eigenvalue weighted by molar-refractivity contribution is 7.06. The van der Waals surface area contributed by atoms with E-state index in [1.165, 1.54) is 4.68 Å². The van der Waals surface area contributed by atoms with Crippen LogP contribution < -0.4 is 4.87 Å². The van der Waals surface area contributed by atoms with E-state index >= 15 is 0 Å². The summed E-state index contributed by atoms with van der Waals surface area (Å²) in [6.07, 6.45) is 0.906. The van der Waals surface area contributed by atoms with E-state index in [-0.39, 0.29) is 10.9 Å². The van der Waals surface area contributed by atoms with E-state index in [1.54, 1.807) is 5.51 Å². The summed E-state index contributed by atoms with van der Waals surface area (Å²) in [5.74, 6) is 0. The fourth-order valence-electron chi connectivity index (χ4n) is 1.18. The molecule has 11 heavy (non-hydrogen) atoms. The maximum Gasteiger partial charge on any atom is 0.325 e. The van der Waals surface area contributed by atoms with Gasteiger partial charge in [0.1, 0.15) is 5.51 Å². The lowest BCUT2D eigenvalue weighted by Crippen LogP contribution is -2.21. The Morgan fingerprint density at radius 3 is 3.27 bits per heavy atom. The molecular formula is C6H8N2O2S. The summed E-state index contributed by atoms with van der Waals surface area (Å²) >= 11 is 1.13. The normalized spacial score (nSPS) is 24.2. The second-order valence-corrected chi connectivity index (χ2v) is 3.26. The number of aromatic nitrogens is 2. The molecule has 5 heteroatoms. The maximum absolute atomic E-state index is 11.1. The molecule has 0 aromatic carbocycles. The quantitative estimate of drug-likeness (QED) is 0.610. The summed E-state index contributed by atoms with van der Waals surface area (Å²) in [6.45, 7) is 1.37. The van der Waals surface area contributed by atoms with Crippen molar-refractivity contribution in [2.75, 3.05) is 13.2 Å². The van der Waals surface area contributed by atoms with Gasteiger partial charge in [-0.25, -0.2) is 4.68 Å². The number of ether oxygens (including phenoxy) is 1. The van der Waals surface area contributed by atoms with Crippen molar-refractivity contribution < 1.29 is 4.74 Å². The van der Waals surface area contributed by atoms with Crippen molar-refractivity contribution in [3.63, 3.8) is 0 Å². The highest BCUT2D eigenvalue weighted by Crippen LogP contribution is 2.15. The molecule has 1 aromatic rings. The van der Waals surface area contributed by atoms with Crippen molar-refractivity contribution in [2.24, 2.45) is 0 Å². The molecule has 1 unspecified atom stereocenters. The molecule has 0 saturated carbocycles. The lowest BCUT2D eigenvalue weighted by molar-refractivity contribution is 0.184. The average Bonchev–Trinajstić information content (AvgIpc) is 2.55. The summed E-state index contributed by atoms with van der Waals surface area (Å²) in [7, 11) is 0. The molecule has 0 radical (unpaired) electrons. The minimum absolute atomic E-state index is 0.0144. The molecule has 2 heterocycles. The monoisotopic (exact) mass is 172 g/mol. The van der Waals surface area contributed by atoms with E-state index in [9.17, 15) is 4.79 Å². The first-order valence-corrected chi connectivity index (χ1v) is 4.36. The van der Waals surface area contributed by atoms with Gasteiger partial charge in [-0.3, -0.25) is 4.79 Å². The molecule has 0 aliphatic carbocycles. The SMILES string of the molecule is O=c1scnn1C1CCOC1. The fourth-order valence-corrected chi connectivity index (χ4v) is 1.72. The van der Waals surface area contributed by atoms with Crippen molar-refractivity contribution >= 4 is 11.3 Å². The van der Waals surface area contributed by atoms with Crippen molar-refractivity contribution in [2.45, 2.75) is 12.5 Å². The number of hydrogen-bond acceptors (Lipinski definition) is 4. The Balaban J connectivity index is 2.28. The molecule has 1 aliphatic heterocycles. The van der Waals surface area contributed by atoms with Crippen molar-refractivity contribution in [1.29, 1.82) is 0 Å². The van der Waals surface area contributed by atoms with Crippen LogP contribution in [0.25, 0.3) is 0 Å². The third-order valence-corrected chi connectivity index (χ3v) is 2.35. The second-order valence-electron chi connectivity index (χ2n) is 2.47. The van der Waals surface area contributed by atoms with Crippen LogP contribution in [0.1, 0.15) is 12.5 Å². The van der Waals surface area contributed by atoms with Crippen molar-refractivity contribution in [1.82, 2.24) is 9.78 Å². The largest absolute Gasteiger partial charge is 0.379 e. The number of hydrogen-bond donors (Lipinski definition) is 0. The first kappa shape index (κ1) is 7.00. The molecule has 1 aromatic heterocycles. The van der Waals surface area contributed by atoms with E-state index in [1.807, 2.05) is 0 Å². The molecule has 2 rings (SSSR count). The molecule has 1 saturated heterocycles. The van der Waals surface area contributed by atoms with Gasteiger partial charge < -0.3 is 4.74 Å². The summed E-state index contributed by atoms with van der Waals surface area (Å²) in [5, 5.41) is 3.94. The zero-order chi connectivity index (χ0) is 7.68. The van der Waals surface area contributed by atoms with Crippen LogP contribution in [0, 0.1) is 0 Å². The van der Waals surface area contributed by atoms with E-state index in [0.29, 0.717) is 6.61 Å². The predicted octanol–water partition coefficient (Wildman–Crippen LogP) is 0.266. The zero-order valence-electron chi connectivity index (χ0n) is 5.90. The molecule has 0 amide bonds. The molecule has 0 N–H and O–H groups in total. The third-order valence-electron chi connectivity index (χ3n) is 1.76. The van der Waals surface area contributed by atoms with Crippen LogP contribution >= 0.6 is 11.3 Å². The Hall–Kier alpha value is -0.680. The molecule has 0 bridgehead atoms. The van der Waals surface area contributed by atoms with Crippen molar-refractivity contribution in [3.8, 4) is 0 Å². The highest BCUT2D eigenvalue weighted by atomic mass is 32.1. The maximum atomic E-state index is 11.1. The Bertz CT molecular complexity index is 287. The smallest absolute Gasteiger partial charge is 0.325 e. The molecule has 60 valence electrons. The number of rotatable bonds is 1. The van der Waals surface area contributed by atoms with Crippen LogP contribution in [0.15, 0.2) is 10.3 Å². The zero-order valence-corrected chi connectivity index (χ0v) is 6.71. The Labute approximate surface area is 67.4 Å². The van der Waals surface area contributed by atoms with Crippen LogP contribution in [0.2, 0.25) is 0 Å². The first-order valence-electron chi connectivity index (χ1n) is 3.48. The Kier molecular flexibility index (Phi) is 1.75. The van der Waals surface area contributed by atoms with Gasteiger partial charge in [-0.1, -0.05) is 11.3 Å². The van der Waals surface area contributed by atoms with Gasteiger partial charge in [-0.05, 0) is 6.42 Å². The van der Waals surface area contributed by atoms with Crippen LogP contribution in [0.5, 0.6) is 0 Å². The number of nitrogens with zero attached hydrogens (tertiary/aromatic N) is 2. The Morgan fingerprint density at radius 2 is 2.73 bits per heavy atom. The third kappa shape index (κ3) is 1.21. The van der Waals surface area contributed by atoms with Gasteiger partial charge >= 0.3 is 4.87 Å². The van der Waals surface area contributed by atoms with Crippen LogP contribution in [0.4, 0.5) is 0 Å². The van der Waals surface area contributed by atoms with Crippen LogP contribution in [-0.2, 0) is 4.74 Å². The summed E-state index contributed by atoms with van der Waals surface area (Å²) < 4.78 is 6.65. The van der Waals surface area contributed by atoms with Crippen LogP contribution in [0.3, 0.4) is 0 Å². The van der Waals surface area contributed by atoms with E-state index in [4.69, 9.17) is 4.74 Å². The predicted molar refractivity (Wildman–Crippen MR) is 40.8 cm³/mol. The topological polar surface area (TPSA) is 44.1 Å². The lowest BCUT2D eigenvalue weighted by Gasteiger charge is -2.03. The van der Waals surface area contributed by atoms with Gasteiger partial charge in [0.05, 0.1) is 12.6 Å². The summed E-state index contributed by atoms with van der Waals surface area (Å²) in [4.78, 5) is 11.1. The average molecular weight is 172 g/mol. The molecule has 1 aliphatic rings. The second kappa shape index (κ2) is 2.75. The minimum atomic E-state index is 0.0144. The van der Waals surface area contributed by atoms with Gasteiger partial charge in [0.2, 0.25) is 0 Å². The minimum Gasteiger partial charge on any atom is -0.379 e. The summed E-state index contributed by atoms with van der Waals surface area (Å²) in [6, 6.07) is 0.175. The standard InChI is InChI=1S/C6H8N2O2S/c9-6-8(7-4-11-6)5-1-2-10-3-5/h4-5H,1-3H2. The van der Waals surface area contributed by atoms with Gasteiger partial charge in [0.15, 0.2) is 0 Å². The molecule has 4 nitrogen and oxygen atoms in total. The highest BCUT2D eigenvalue weighted by Gasteiger charge is 2.19. The molecule has 1 fully saturated rings.